The van der Waals surface area contributed by atoms with Gasteiger partial charge in [-0.05, 0) is 64.0 Å². The lowest BCUT2D eigenvalue weighted by Gasteiger charge is -2.09. The summed E-state index contributed by atoms with van der Waals surface area (Å²) < 4.78 is 8.06. The lowest BCUT2D eigenvalue weighted by atomic mass is 10.3. The first-order valence-electron chi connectivity index (χ1n) is 6.44. The molecule has 1 N–H and O–H groups in total. The highest BCUT2D eigenvalue weighted by Gasteiger charge is 2.09. The maximum atomic E-state index is 12.2. The molecule has 0 unspecified atom stereocenters. The molecule has 0 aliphatic carbocycles. The number of rotatable bonds is 6. The fourth-order valence-electron chi connectivity index (χ4n) is 1.74. The van der Waals surface area contributed by atoms with E-state index in [1.807, 2.05) is 25.2 Å². The van der Waals surface area contributed by atoms with Gasteiger partial charge in [-0.3, -0.25) is 4.79 Å². The Balaban J connectivity index is 2.21. The van der Waals surface area contributed by atoms with Crippen molar-refractivity contribution in [3.63, 3.8) is 0 Å². The van der Waals surface area contributed by atoms with Crippen molar-refractivity contribution in [3.8, 4) is 11.4 Å². The zero-order valence-corrected chi connectivity index (χ0v) is 14.6. The van der Waals surface area contributed by atoms with Crippen molar-refractivity contribution in [2.45, 2.75) is 6.42 Å². The highest BCUT2D eigenvalue weighted by Crippen LogP contribution is 2.19. The van der Waals surface area contributed by atoms with E-state index in [1.165, 1.54) is 4.68 Å². The molecule has 0 amide bonds. The van der Waals surface area contributed by atoms with E-state index in [9.17, 15) is 4.79 Å². The molecule has 0 aliphatic heterocycles. The fourth-order valence-corrected chi connectivity index (χ4v) is 2.27. The molecule has 0 saturated carbocycles. The summed E-state index contributed by atoms with van der Waals surface area (Å²) in [7, 11) is 1.91. The molecule has 0 aliphatic rings. The number of ether oxygens (including phenoxy) is 1. The second kappa shape index (κ2) is 7.72. The topological polar surface area (TPSA) is 56.1 Å². The molecule has 1 heterocycles. The van der Waals surface area contributed by atoms with Crippen LogP contribution in [0.1, 0.15) is 6.42 Å². The normalized spacial score (nSPS) is 10.6. The molecule has 1 aromatic heterocycles. The summed E-state index contributed by atoms with van der Waals surface area (Å²) in [6.45, 7) is 1.52. The van der Waals surface area contributed by atoms with Gasteiger partial charge in [0.1, 0.15) is 10.2 Å². The van der Waals surface area contributed by atoms with Gasteiger partial charge in [-0.1, -0.05) is 6.07 Å². The molecule has 7 heteroatoms. The van der Waals surface area contributed by atoms with Crippen LogP contribution in [-0.4, -0.2) is 30.0 Å². The predicted octanol–water partition coefficient (Wildman–Crippen LogP) is 2.75. The lowest BCUT2D eigenvalue weighted by Crippen LogP contribution is -2.21. The van der Waals surface area contributed by atoms with E-state index < -0.39 is 0 Å². The maximum Gasteiger partial charge on any atom is 0.286 e. The number of halogens is 2. The Labute approximate surface area is 139 Å². The summed E-state index contributed by atoms with van der Waals surface area (Å²) >= 11 is 6.51. The van der Waals surface area contributed by atoms with Crippen LogP contribution < -0.4 is 15.6 Å². The first-order valence-corrected chi connectivity index (χ1v) is 8.03. The van der Waals surface area contributed by atoms with E-state index in [2.05, 4.69) is 42.3 Å². The van der Waals surface area contributed by atoms with Crippen LogP contribution in [0.4, 0.5) is 0 Å². The predicted molar refractivity (Wildman–Crippen MR) is 89.3 cm³/mol. The third-order valence-electron chi connectivity index (χ3n) is 2.78. The van der Waals surface area contributed by atoms with E-state index in [0.717, 1.165) is 18.7 Å². The molecule has 0 bridgehead atoms. The highest BCUT2D eigenvalue weighted by molar-refractivity contribution is 9.13. The molecule has 0 saturated heterocycles. The van der Waals surface area contributed by atoms with E-state index in [4.69, 9.17) is 4.74 Å². The average Bonchev–Trinajstić information content (AvgIpc) is 2.50. The quantitative estimate of drug-likeness (QED) is 0.735. The van der Waals surface area contributed by atoms with Crippen LogP contribution in [0.2, 0.25) is 0 Å². The fraction of sp³-hybridized carbons (Fsp3) is 0.286. The van der Waals surface area contributed by atoms with E-state index >= 15 is 0 Å². The molecule has 0 fully saturated rings. The molecule has 2 rings (SSSR count). The van der Waals surface area contributed by atoms with Crippen molar-refractivity contribution in [3.05, 3.63) is 49.8 Å². The Morgan fingerprint density at radius 2 is 2.19 bits per heavy atom. The van der Waals surface area contributed by atoms with Gasteiger partial charge >= 0.3 is 0 Å². The van der Waals surface area contributed by atoms with Gasteiger partial charge in [-0.15, -0.1) is 0 Å². The zero-order chi connectivity index (χ0) is 15.2. The standard InChI is InChI=1S/C14H15Br2N3O2/c1-17-6-3-7-21-11-5-2-4-10(8-11)19-14(20)13(16)12(15)9-18-19/h2,4-5,8-9,17H,3,6-7H2,1H3. The molecule has 112 valence electrons. The van der Waals surface area contributed by atoms with Crippen molar-refractivity contribution in [2.75, 3.05) is 20.2 Å². The molecule has 0 atom stereocenters. The van der Waals surface area contributed by atoms with Crippen molar-refractivity contribution >= 4 is 31.9 Å². The second-order valence-electron chi connectivity index (χ2n) is 4.33. The summed E-state index contributed by atoms with van der Waals surface area (Å²) in [5.41, 5.74) is 0.441. The lowest BCUT2D eigenvalue weighted by molar-refractivity contribution is 0.309. The maximum absolute atomic E-state index is 12.2. The molecular weight excluding hydrogens is 402 g/mol. The number of hydrogen-bond donors (Lipinski definition) is 1. The molecule has 1 aromatic carbocycles. The molecule has 2 aromatic rings. The summed E-state index contributed by atoms with van der Waals surface area (Å²) in [5.74, 6) is 0.719. The van der Waals surface area contributed by atoms with Gasteiger partial charge in [-0.25, -0.2) is 0 Å². The van der Waals surface area contributed by atoms with Gasteiger partial charge in [0, 0.05) is 6.07 Å². The third kappa shape index (κ3) is 4.15. The first-order chi connectivity index (χ1) is 10.1. The Kier molecular flexibility index (Phi) is 5.96. The van der Waals surface area contributed by atoms with Crippen LogP contribution in [0.3, 0.4) is 0 Å². The third-order valence-corrected chi connectivity index (χ3v) is 4.68. The summed E-state index contributed by atoms with van der Waals surface area (Å²) in [6, 6.07) is 7.32. The van der Waals surface area contributed by atoms with E-state index in [0.29, 0.717) is 21.2 Å². The van der Waals surface area contributed by atoms with E-state index in [-0.39, 0.29) is 5.56 Å². The van der Waals surface area contributed by atoms with Gasteiger partial charge in [0.25, 0.3) is 5.56 Å². The summed E-state index contributed by atoms with van der Waals surface area (Å²) in [5, 5.41) is 7.19. The Morgan fingerprint density at radius 3 is 2.95 bits per heavy atom. The van der Waals surface area contributed by atoms with Crippen molar-refractivity contribution in [2.24, 2.45) is 0 Å². The smallest absolute Gasteiger partial charge is 0.286 e. The molecule has 0 spiro atoms. The van der Waals surface area contributed by atoms with Crippen LogP contribution in [-0.2, 0) is 0 Å². The van der Waals surface area contributed by atoms with Gasteiger partial charge < -0.3 is 10.1 Å². The first kappa shape index (κ1) is 16.2. The van der Waals surface area contributed by atoms with Crippen molar-refractivity contribution in [1.29, 1.82) is 0 Å². The number of hydrogen-bond acceptors (Lipinski definition) is 4. The number of nitrogens with one attached hydrogen (secondary N) is 1. The molecule has 5 nitrogen and oxygen atoms in total. The van der Waals surface area contributed by atoms with Crippen LogP contribution in [0.15, 0.2) is 44.2 Å². The van der Waals surface area contributed by atoms with E-state index in [1.54, 1.807) is 12.3 Å². The van der Waals surface area contributed by atoms with Gasteiger partial charge in [0.2, 0.25) is 0 Å². The Bertz CT molecular complexity index is 674. The number of benzene rings is 1. The minimum Gasteiger partial charge on any atom is -0.493 e. The Morgan fingerprint density at radius 1 is 1.38 bits per heavy atom. The van der Waals surface area contributed by atoms with Crippen LogP contribution >= 0.6 is 31.9 Å². The summed E-state index contributed by atoms with van der Waals surface area (Å²) in [4.78, 5) is 12.2. The van der Waals surface area contributed by atoms with Crippen molar-refractivity contribution < 1.29 is 4.74 Å². The minimum atomic E-state index is -0.225. The molecular formula is C14H15Br2N3O2. The van der Waals surface area contributed by atoms with Gasteiger partial charge in [0.05, 0.1) is 23.0 Å². The number of nitrogens with zero attached hydrogens (tertiary/aromatic N) is 2. The highest BCUT2D eigenvalue weighted by atomic mass is 79.9. The second-order valence-corrected chi connectivity index (χ2v) is 5.97. The summed E-state index contributed by atoms with van der Waals surface area (Å²) in [6.07, 6.45) is 2.49. The van der Waals surface area contributed by atoms with Crippen molar-refractivity contribution in [1.82, 2.24) is 15.1 Å². The Hall–Kier alpha value is -1.18. The largest absolute Gasteiger partial charge is 0.493 e. The van der Waals surface area contributed by atoms with Gasteiger partial charge in [-0.2, -0.15) is 9.78 Å². The minimum absolute atomic E-state index is 0.225. The number of aromatic nitrogens is 2. The van der Waals surface area contributed by atoms with Crippen LogP contribution in [0, 0.1) is 0 Å². The van der Waals surface area contributed by atoms with Crippen LogP contribution in [0.25, 0.3) is 5.69 Å². The monoisotopic (exact) mass is 415 g/mol. The molecule has 21 heavy (non-hydrogen) atoms. The molecule has 0 radical (unpaired) electrons. The van der Waals surface area contributed by atoms with Gasteiger partial charge in [0.15, 0.2) is 0 Å². The van der Waals surface area contributed by atoms with Crippen LogP contribution in [0.5, 0.6) is 5.75 Å². The zero-order valence-electron chi connectivity index (χ0n) is 11.5. The average molecular weight is 417 g/mol. The SMILES string of the molecule is CNCCCOc1cccc(-n2ncc(Br)c(Br)c2=O)c1.